The lowest BCUT2D eigenvalue weighted by atomic mass is 10.7. The van der Waals surface area contributed by atoms with Gasteiger partial charge in [0.1, 0.15) is 0 Å². The Balaban J connectivity index is 2.28. The summed E-state index contributed by atoms with van der Waals surface area (Å²) < 4.78 is 2.13. The SMILES string of the molecule is CSc1ccnn1C1CC1. The van der Waals surface area contributed by atoms with Gasteiger partial charge in [0.15, 0.2) is 0 Å². The van der Waals surface area contributed by atoms with Crippen LogP contribution < -0.4 is 0 Å². The Hall–Kier alpha value is -0.440. The summed E-state index contributed by atoms with van der Waals surface area (Å²) in [5, 5.41) is 5.54. The van der Waals surface area contributed by atoms with Crippen LogP contribution in [0.3, 0.4) is 0 Å². The summed E-state index contributed by atoms with van der Waals surface area (Å²) in [7, 11) is 0. The molecule has 0 radical (unpaired) electrons. The number of hydrogen-bond donors (Lipinski definition) is 0. The maximum atomic E-state index is 4.24. The van der Waals surface area contributed by atoms with Crippen LogP contribution in [0.4, 0.5) is 0 Å². The second-order valence-corrected chi connectivity index (χ2v) is 3.38. The highest BCUT2D eigenvalue weighted by Gasteiger charge is 2.25. The van der Waals surface area contributed by atoms with Crippen molar-refractivity contribution >= 4 is 11.8 Å². The molecule has 1 aromatic rings. The lowest BCUT2D eigenvalue weighted by molar-refractivity contribution is 0.589. The molecule has 1 heterocycles. The van der Waals surface area contributed by atoms with Crippen LogP contribution in [0, 0.1) is 0 Å². The van der Waals surface area contributed by atoms with Crippen molar-refractivity contribution in [2.45, 2.75) is 23.9 Å². The Bertz CT molecular complexity index is 227. The maximum absolute atomic E-state index is 4.24. The predicted octanol–water partition coefficient (Wildman–Crippen LogP) is 1.94. The highest BCUT2D eigenvalue weighted by molar-refractivity contribution is 7.98. The van der Waals surface area contributed by atoms with E-state index in [2.05, 4.69) is 22.1 Å². The molecule has 0 amide bonds. The largest absolute Gasteiger partial charge is 0.256 e. The number of hydrogen-bond acceptors (Lipinski definition) is 2. The molecule has 1 aliphatic rings. The minimum absolute atomic E-state index is 0.720. The molecule has 0 spiro atoms. The Labute approximate surface area is 64.6 Å². The summed E-state index contributed by atoms with van der Waals surface area (Å²) in [6.07, 6.45) is 6.60. The van der Waals surface area contributed by atoms with Crippen LogP contribution >= 0.6 is 11.8 Å². The Morgan fingerprint density at radius 3 is 3.10 bits per heavy atom. The quantitative estimate of drug-likeness (QED) is 0.606. The van der Waals surface area contributed by atoms with Crippen molar-refractivity contribution in [1.82, 2.24) is 9.78 Å². The summed E-state index contributed by atoms with van der Waals surface area (Å²) in [5.74, 6) is 0. The molecule has 1 aromatic heterocycles. The molecule has 0 N–H and O–H groups in total. The molecule has 0 unspecified atom stereocenters. The molecule has 1 aliphatic carbocycles. The molecule has 1 saturated carbocycles. The van der Waals surface area contributed by atoms with Gasteiger partial charge in [-0.25, -0.2) is 0 Å². The van der Waals surface area contributed by atoms with E-state index in [9.17, 15) is 0 Å². The highest BCUT2D eigenvalue weighted by atomic mass is 32.2. The van der Waals surface area contributed by atoms with Crippen molar-refractivity contribution in [3.05, 3.63) is 12.3 Å². The Kier molecular flexibility index (Phi) is 1.45. The van der Waals surface area contributed by atoms with Crippen molar-refractivity contribution in [3.63, 3.8) is 0 Å². The molecule has 54 valence electrons. The van der Waals surface area contributed by atoms with Gasteiger partial charge in [0.05, 0.1) is 17.3 Å². The van der Waals surface area contributed by atoms with Gasteiger partial charge < -0.3 is 0 Å². The first-order valence-corrected chi connectivity index (χ1v) is 4.72. The molecule has 0 aromatic carbocycles. The van der Waals surface area contributed by atoms with E-state index in [0.717, 1.165) is 6.04 Å². The minimum atomic E-state index is 0.720. The molecule has 2 nitrogen and oxygen atoms in total. The van der Waals surface area contributed by atoms with E-state index in [-0.39, 0.29) is 0 Å². The average molecular weight is 154 g/mol. The van der Waals surface area contributed by atoms with Gasteiger partial charge in [-0.3, -0.25) is 4.68 Å². The fourth-order valence-electron chi connectivity index (χ4n) is 1.06. The van der Waals surface area contributed by atoms with Crippen LogP contribution in [-0.2, 0) is 0 Å². The fourth-order valence-corrected chi connectivity index (χ4v) is 1.64. The van der Waals surface area contributed by atoms with Gasteiger partial charge >= 0.3 is 0 Å². The minimum Gasteiger partial charge on any atom is -0.256 e. The van der Waals surface area contributed by atoms with Crippen molar-refractivity contribution in [3.8, 4) is 0 Å². The number of thioether (sulfide) groups is 1. The molecule has 2 rings (SSSR count). The van der Waals surface area contributed by atoms with Gasteiger partial charge in [0.25, 0.3) is 0 Å². The van der Waals surface area contributed by atoms with Gasteiger partial charge in [-0.05, 0) is 25.2 Å². The van der Waals surface area contributed by atoms with Crippen LogP contribution in [0.1, 0.15) is 18.9 Å². The number of nitrogens with zero attached hydrogens (tertiary/aromatic N) is 2. The van der Waals surface area contributed by atoms with E-state index < -0.39 is 0 Å². The second kappa shape index (κ2) is 2.31. The summed E-state index contributed by atoms with van der Waals surface area (Å²) in [4.78, 5) is 0. The van der Waals surface area contributed by atoms with Crippen molar-refractivity contribution in [2.24, 2.45) is 0 Å². The molecule has 1 fully saturated rings. The maximum Gasteiger partial charge on any atom is 0.0940 e. The molecular weight excluding hydrogens is 144 g/mol. The van der Waals surface area contributed by atoms with Gasteiger partial charge in [-0.2, -0.15) is 5.10 Å². The Morgan fingerprint density at radius 2 is 2.50 bits per heavy atom. The summed E-state index contributed by atoms with van der Waals surface area (Å²) in [6.45, 7) is 0. The fraction of sp³-hybridized carbons (Fsp3) is 0.571. The molecule has 10 heavy (non-hydrogen) atoms. The first kappa shape index (κ1) is 6.28. The molecule has 0 saturated heterocycles. The topological polar surface area (TPSA) is 17.8 Å². The van der Waals surface area contributed by atoms with Crippen molar-refractivity contribution in [2.75, 3.05) is 6.26 Å². The van der Waals surface area contributed by atoms with Crippen LogP contribution in [0.15, 0.2) is 17.3 Å². The standard InChI is InChI=1S/C7H10N2S/c1-10-7-4-5-8-9(7)6-2-3-6/h4-6H,2-3H2,1H3. The third kappa shape index (κ3) is 0.944. The summed E-state index contributed by atoms with van der Waals surface area (Å²) in [5.41, 5.74) is 0. The van der Waals surface area contributed by atoms with E-state index in [1.807, 2.05) is 6.20 Å². The van der Waals surface area contributed by atoms with Gasteiger partial charge in [0, 0.05) is 0 Å². The van der Waals surface area contributed by atoms with Gasteiger partial charge in [-0.15, -0.1) is 11.8 Å². The Morgan fingerprint density at radius 1 is 1.70 bits per heavy atom. The number of aromatic nitrogens is 2. The van der Waals surface area contributed by atoms with Crippen LogP contribution in [-0.4, -0.2) is 16.0 Å². The second-order valence-electron chi connectivity index (χ2n) is 2.55. The molecule has 0 atom stereocenters. The monoisotopic (exact) mass is 154 g/mol. The zero-order valence-corrected chi connectivity index (χ0v) is 6.77. The van der Waals surface area contributed by atoms with E-state index in [1.165, 1.54) is 17.9 Å². The van der Waals surface area contributed by atoms with Gasteiger partial charge in [0.2, 0.25) is 0 Å². The zero-order chi connectivity index (χ0) is 6.97. The van der Waals surface area contributed by atoms with Gasteiger partial charge in [-0.1, -0.05) is 0 Å². The van der Waals surface area contributed by atoms with Crippen molar-refractivity contribution in [1.29, 1.82) is 0 Å². The third-order valence-corrected chi connectivity index (χ3v) is 2.48. The molecule has 3 heteroatoms. The molecule has 0 bridgehead atoms. The van der Waals surface area contributed by atoms with E-state index in [0.29, 0.717) is 0 Å². The first-order chi connectivity index (χ1) is 4.92. The highest BCUT2D eigenvalue weighted by Crippen LogP contribution is 2.36. The van der Waals surface area contributed by atoms with Crippen LogP contribution in [0.25, 0.3) is 0 Å². The van der Waals surface area contributed by atoms with E-state index in [4.69, 9.17) is 0 Å². The van der Waals surface area contributed by atoms with E-state index >= 15 is 0 Å². The first-order valence-electron chi connectivity index (χ1n) is 3.49. The van der Waals surface area contributed by atoms with Crippen molar-refractivity contribution < 1.29 is 0 Å². The smallest absolute Gasteiger partial charge is 0.0940 e. The summed E-state index contributed by atoms with van der Waals surface area (Å²) in [6, 6.07) is 2.79. The van der Waals surface area contributed by atoms with E-state index in [1.54, 1.807) is 11.8 Å². The van der Waals surface area contributed by atoms with Crippen LogP contribution in [0.2, 0.25) is 0 Å². The lowest BCUT2D eigenvalue weighted by Crippen LogP contribution is -1.96. The lowest BCUT2D eigenvalue weighted by Gasteiger charge is -2.00. The summed E-state index contributed by atoms with van der Waals surface area (Å²) >= 11 is 1.77. The predicted molar refractivity (Wildman–Crippen MR) is 42.3 cm³/mol. The molecule has 0 aliphatic heterocycles. The zero-order valence-electron chi connectivity index (χ0n) is 5.95. The third-order valence-electron chi connectivity index (χ3n) is 1.74. The average Bonchev–Trinajstić information content (AvgIpc) is 2.69. The number of rotatable bonds is 2. The van der Waals surface area contributed by atoms with Crippen LogP contribution in [0.5, 0.6) is 0 Å². The molecular formula is C7H10N2S. The normalized spacial score (nSPS) is 17.7.